The van der Waals surface area contributed by atoms with E-state index in [1.165, 1.54) is 12.1 Å². The molecular weight excluding hydrogens is 570 g/mol. The molecule has 1 aliphatic heterocycles. The average molecular weight is 608 g/mol. The van der Waals surface area contributed by atoms with Crippen LogP contribution in [0.3, 0.4) is 0 Å². The minimum absolute atomic E-state index is 0. The Balaban J connectivity index is 0.00000506. The first-order valence-electron chi connectivity index (χ1n) is 14.4. The van der Waals surface area contributed by atoms with Crippen LogP contribution in [0.25, 0.3) is 0 Å². The molecule has 0 radical (unpaired) electrons. The quantitative estimate of drug-likeness (QED) is 0.466. The molecule has 2 aliphatic rings. The fraction of sp³-hybridized carbons (Fsp3) is 0.500. The molecular formula is C32H37F3N3NaO4. The second kappa shape index (κ2) is 13.5. The molecule has 7 nitrogen and oxygen atoms in total. The number of alkyl halides is 3. The molecule has 4 rings (SSSR count). The molecule has 1 fully saturated rings. The van der Waals surface area contributed by atoms with Crippen LogP contribution in [0.15, 0.2) is 53.5 Å². The van der Waals surface area contributed by atoms with E-state index in [9.17, 15) is 32.7 Å². The van der Waals surface area contributed by atoms with Crippen LogP contribution in [0.4, 0.5) is 13.2 Å². The zero-order chi connectivity index (χ0) is 30.9. The molecule has 1 spiro atoms. The Morgan fingerprint density at radius 3 is 2.26 bits per heavy atom. The number of nitrogens with zero attached hydrogens (tertiary/aromatic N) is 2. The SMILES string of the molecule is CC[C@H](c1ccc(C(=O)NCCC(=O)[O-])cc1)N1C(=O)C(c2cccc(C(F)(F)F)c2)=NC12CCC(C(C)(C)C)CC2.[Na+]. The Morgan fingerprint density at radius 1 is 1.09 bits per heavy atom. The topological polar surface area (TPSA) is 102 Å². The number of halogens is 3. The third-order valence-corrected chi connectivity index (χ3v) is 8.53. The van der Waals surface area contributed by atoms with Gasteiger partial charge in [-0.25, -0.2) is 0 Å². The van der Waals surface area contributed by atoms with E-state index < -0.39 is 41.2 Å². The molecule has 0 saturated heterocycles. The van der Waals surface area contributed by atoms with Crippen molar-refractivity contribution in [2.45, 2.75) is 84.1 Å². The molecule has 0 aromatic heterocycles. The summed E-state index contributed by atoms with van der Waals surface area (Å²) in [4.78, 5) is 43.9. The van der Waals surface area contributed by atoms with Gasteiger partial charge in [-0.2, -0.15) is 13.2 Å². The van der Waals surface area contributed by atoms with Gasteiger partial charge in [-0.15, -0.1) is 0 Å². The Hall–Kier alpha value is -2.69. The maximum absolute atomic E-state index is 14.1. The number of hydrogen-bond acceptors (Lipinski definition) is 5. The Labute approximate surface area is 272 Å². The van der Waals surface area contributed by atoms with Crippen molar-refractivity contribution in [3.63, 3.8) is 0 Å². The second-order valence-electron chi connectivity index (χ2n) is 12.3. The maximum Gasteiger partial charge on any atom is 1.00 e. The number of carboxylic acids is 1. The fourth-order valence-corrected chi connectivity index (χ4v) is 6.18. The molecule has 1 heterocycles. The zero-order valence-electron chi connectivity index (χ0n) is 25.4. The van der Waals surface area contributed by atoms with E-state index in [4.69, 9.17) is 4.99 Å². The van der Waals surface area contributed by atoms with Crippen LogP contribution in [-0.2, 0) is 15.8 Å². The molecule has 1 saturated carbocycles. The molecule has 0 unspecified atom stereocenters. The second-order valence-corrected chi connectivity index (χ2v) is 12.3. The van der Waals surface area contributed by atoms with Crippen molar-refractivity contribution in [2.24, 2.45) is 16.3 Å². The summed E-state index contributed by atoms with van der Waals surface area (Å²) in [5.74, 6) is -1.67. The summed E-state index contributed by atoms with van der Waals surface area (Å²) in [6, 6.07) is 11.1. The third-order valence-electron chi connectivity index (χ3n) is 8.53. The standard InChI is InChI=1S/C32H38F3N3O4.Na/c1-5-25(20-9-11-21(12-10-20)28(41)36-18-15-26(39)40)38-29(42)27(22-7-6-8-24(19-22)32(33,34)35)37-31(38)16-13-23(14-17-31)30(2,3)4;/h6-12,19,23,25H,5,13-18H2,1-4H3,(H,36,41)(H,39,40);/q;+1/p-1/t23?,25-,31?;/m1./s1. The summed E-state index contributed by atoms with van der Waals surface area (Å²) in [6.07, 6.45) is -1.48. The first-order valence-corrected chi connectivity index (χ1v) is 14.4. The third kappa shape index (κ3) is 7.70. The van der Waals surface area contributed by atoms with Crippen molar-refractivity contribution in [1.82, 2.24) is 10.2 Å². The monoisotopic (exact) mass is 607 g/mol. The Bertz CT molecular complexity index is 1360. The molecule has 226 valence electrons. The number of nitrogens with one attached hydrogen (secondary N) is 1. The molecule has 2 amide bonds. The number of carbonyl (C=O) groups excluding carboxylic acids is 3. The number of carbonyl (C=O) groups is 3. The van der Waals surface area contributed by atoms with Crippen molar-refractivity contribution in [3.8, 4) is 0 Å². The molecule has 0 bridgehead atoms. The van der Waals surface area contributed by atoms with E-state index in [2.05, 4.69) is 26.1 Å². The number of aliphatic imine (C=N–C) groups is 1. The van der Waals surface area contributed by atoms with E-state index in [-0.39, 0.29) is 59.2 Å². The minimum atomic E-state index is -4.55. The van der Waals surface area contributed by atoms with E-state index in [1.54, 1.807) is 29.2 Å². The normalized spacial score (nSPS) is 21.3. The first-order chi connectivity index (χ1) is 19.7. The van der Waals surface area contributed by atoms with Gasteiger partial charge in [0.15, 0.2) is 0 Å². The Kier molecular flexibility index (Phi) is 10.9. The van der Waals surface area contributed by atoms with Gasteiger partial charge in [0, 0.05) is 30.1 Å². The van der Waals surface area contributed by atoms with Crippen LogP contribution < -0.4 is 40.0 Å². The number of carboxylic acid groups (broad SMARTS) is 1. The largest absolute Gasteiger partial charge is 1.00 e. The van der Waals surface area contributed by atoms with Crippen molar-refractivity contribution >= 4 is 23.5 Å². The van der Waals surface area contributed by atoms with Gasteiger partial charge in [0.2, 0.25) is 0 Å². The zero-order valence-corrected chi connectivity index (χ0v) is 27.4. The van der Waals surface area contributed by atoms with Crippen molar-refractivity contribution < 1.29 is 62.2 Å². The van der Waals surface area contributed by atoms with Gasteiger partial charge in [-0.05, 0) is 73.3 Å². The van der Waals surface area contributed by atoms with Gasteiger partial charge in [0.1, 0.15) is 11.4 Å². The molecule has 1 atom stereocenters. The van der Waals surface area contributed by atoms with Crippen LogP contribution in [-0.4, -0.2) is 40.6 Å². The van der Waals surface area contributed by atoms with Gasteiger partial charge in [0.05, 0.1) is 11.6 Å². The summed E-state index contributed by atoms with van der Waals surface area (Å²) in [7, 11) is 0. The summed E-state index contributed by atoms with van der Waals surface area (Å²) in [5.41, 5.74) is -0.351. The predicted molar refractivity (Wildman–Crippen MR) is 150 cm³/mol. The van der Waals surface area contributed by atoms with E-state index >= 15 is 0 Å². The summed E-state index contributed by atoms with van der Waals surface area (Å²) in [6.45, 7) is 8.45. The summed E-state index contributed by atoms with van der Waals surface area (Å²) >= 11 is 0. The maximum atomic E-state index is 14.1. The van der Waals surface area contributed by atoms with E-state index in [0.717, 1.165) is 30.5 Å². The summed E-state index contributed by atoms with van der Waals surface area (Å²) < 4.78 is 40.6. The molecule has 43 heavy (non-hydrogen) atoms. The molecule has 2 aromatic carbocycles. The molecule has 1 N–H and O–H groups in total. The van der Waals surface area contributed by atoms with Crippen LogP contribution in [0, 0.1) is 11.3 Å². The van der Waals surface area contributed by atoms with Crippen molar-refractivity contribution in [3.05, 3.63) is 70.8 Å². The molecule has 1 aliphatic carbocycles. The number of aliphatic carboxylic acids is 1. The van der Waals surface area contributed by atoms with Crippen molar-refractivity contribution in [2.75, 3.05) is 6.54 Å². The van der Waals surface area contributed by atoms with Gasteiger partial charge >= 0.3 is 35.7 Å². The number of hydrogen-bond donors (Lipinski definition) is 1. The van der Waals surface area contributed by atoms with Crippen LogP contribution in [0.1, 0.15) is 99.3 Å². The van der Waals surface area contributed by atoms with Crippen LogP contribution in [0.2, 0.25) is 0 Å². The van der Waals surface area contributed by atoms with Gasteiger partial charge < -0.3 is 20.1 Å². The fourth-order valence-electron chi connectivity index (χ4n) is 6.18. The van der Waals surface area contributed by atoms with Gasteiger partial charge in [-0.1, -0.05) is 52.0 Å². The first kappa shape index (κ1) is 34.8. The minimum Gasteiger partial charge on any atom is -0.550 e. The van der Waals surface area contributed by atoms with E-state index in [1.807, 2.05) is 6.92 Å². The average Bonchev–Trinajstić information content (AvgIpc) is 3.20. The molecule has 2 aromatic rings. The number of benzene rings is 2. The van der Waals surface area contributed by atoms with Gasteiger partial charge in [-0.3, -0.25) is 14.6 Å². The van der Waals surface area contributed by atoms with Crippen LogP contribution in [0.5, 0.6) is 0 Å². The number of rotatable bonds is 8. The van der Waals surface area contributed by atoms with Gasteiger partial charge in [0.25, 0.3) is 11.8 Å². The number of amides is 2. The predicted octanol–water partition coefficient (Wildman–Crippen LogP) is 2.29. The van der Waals surface area contributed by atoms with Crippen molar-refractivity contribution in [1.29, 1.82) is 0 Å². The van der Waals surface area contributed by atoms with E-state index in [0.29, 0.717) is 30.7 Å². The Morgan fingerprint density at radius 2 is 1.72 bits per heavy atom. The smallest absolute Gasteiger partial charge is 0.550 e. The molecule has 11 heteroatoms. The summed E-state index contributed by atoms with van der Waals surface area (Å²) in [5, 5.41) is 13.2. The van der Waals surface area contributed by atoms with Crippen LogP contribution >= 0.6 is 0 Å².